The summed E-state index contributed by atoms with van der Waals surface area (Å²) >= 11 is 0. The molecule has 0 radical (unpaired) electrons. The molecule has 0 aromatic heterocycles. The van der Waals surface area contributed by atoms with Crippen LogP contribution in [0.15, 0.2) is 85.1 Å². The zero-order valence-electron chi connectivity index (χ0n) is 55.2. The van der Waals surface area contributed by atoms with Gasteiger partial charge in [-0.2, -0.15) is 0 Å². The van der Waals surface area contributed by atoms with Gasteiger partial charge in [-0.3, -0.25) is 14.4 Å². The Balaban J connectivity index is 4.31. The van der Waals surface area contributed by atoms with Crippen LogP contribution < -0.4 is 0 Å². The Morgan fingerprint density at radius 1 is 0.253 bits per heavy atom. The molecule has 0 aromatic carbocycles. The molecule has 0 aliphatic carbocycles. The first-order chi connectivity index (χ1) is 41.0. The summed E-state index contributed by atoms with van der Waals surface area (Å²) in [5.41, 5.74) is 0. The van der Waals surface area contributed by atoms with E-state index in [0.29, 0.717) is 19.3 Å². The standard InChI is InChI=1S/C77H136O6/c1-4-7-10-13-16-19-22-25-28-31-33-34-35-36-37-38-39-40-41-42-44-46-49-52-55-58-61-64-67-70-76(79)82-73-74(72-81-75(78)69-66-63-60-57-54-51-48-45-30-27-24-21-18-15-12-9-6-3)83-77(80)71-68-65-62-59-56-53-50-47-43-32-29-26-23-20-17-14-11-8-5-2/h8,11,17,20,26-27,29-31,33,43,47,53,56,74H,4-7,9-10,12-16,18-19,21-25,28,32,34-42,44-46,48-52,54-55,57-73H2,1-3H3/b11-8-,20-17-,29-26-,30-27-,33-31-,47-43-,56-53-. The highest BCUT2D eigenvalue weighted by Crippen LogP contribution is 2.18. The van der Waals surface area contributed by atoms with Gasteiger partial charge in [0.05, 0.1) is 0 Å². The van der Waals surface area contributed by atoms with E-state index in [4.69, 9.17) is 14.2 Å². The Bertz CT molecular complexity index is 1570. The molecule has 0 rings (SSSR count). The minimum atomic E-state index is -0.797. The molecule has 83 heavy (non-hydrogen) atoms. The van der Waals surface area contributed by atoms with Crippen molar-refractivity contribution < 1.29 is 28.6 Å². The maximum Gasteiger partial charge on any atom is 0.306 e. The van der Waals surface area contributed by atoms with Crippen LogP contribution in [0, 0.1) is 0 Å². The first-order valence-electron chi connectivity index (χ1n) is 36.1. The zero-order valence-corrected chi connectivity index (χ0v) is 55.2. The Hall–Kier alpha value is -3.41. The fourth-order valence-electron chi connectivity index (χ4n) is 10.5. The van der Waals surface area contributed by atoms with Crippen LogP contribution in [-0.4, -0.2) is 37.2 Å². The molecule has 0 saturated carbocycles. The second-order valence-corrected chi connectivity index (χ2v) is 24.1. The molecule has 0 spiro atoms. The highest BCUT2D eigenvalue weighted by Gasteiger charge is 2.19. The third kappa shape index (κ3) is 69.3. The molecule has 0 bridgehead atoms. The predicted octanol–water partition coefficient (Wildman–Crippen LogP) is 25.0. The van der Waals surface area contributed by atoms with E-state index < -0.39 is 6.10 Å². The van der Waals surface area contributed by atoms with Gasteiger partial charge in [-0.15, -0.1) is 0 Å². The predicted molar refractivity (Wildman–Crippen MR) is 362 cm³/mol. The number of rotatable bonds is 66. The van der Waals surface area contributed by atoms with Gasteiger partial charge in [0.2, 0.25) is 0 Å². The molecule has 1 atom stereocenters. The molecule has 0 aliphatic heterocycles. The normalized spacial score (nSPS) is 12.6. The van der Waals surface area contributed by atoms with Crippen LogP contribution in [0.1, 0.15) is 367 Å². The summed E-state index contributed by atoms with van der Waals surface area (Å²) in [7, 11) is 0. The quantitative estimate of drug-likeness (QED) is 0.0261. The smallest absolute Gasteiger partial charge is 0.306 e. The molecule has 0 amide bonds. The van der Waals surface area contributed by atoms with Crippen molar-refractivity contribution in [2.75, 3.05) is 13.2 Å². The van der Waals surface area contributed by atoms with Crippen molar-refractivity contribution in [3.63, 3.8) is 0 Å². The van der Waals surface area contributed by atoms with E-state index in [2.05, 4.69) is 106 Å². The number of unbranched alkanes of at least 4 members (excludes halogenated alkanes) is 41. The number of carbonyl (C=O) groups excluding carboxylic acids is 3. The van der Waals surface area contributed by atoms with Crippen LogP contribution in [0.5, 0.6) is 0 Å². The summed E-state index contributed by atoms with van der Waals surface area (Å²) in [5, 5.41) is 0. The van der Waals surface area contributed by atoms with Crippen molar-refractivity contribution in [2.45, 2.75) is 374 Å². The third-order valence-corrected chi connectivity index (χ3v) is 15.9. The fraction of sp³-hybridized carbons (Fsp3) is 0.779. The van der Waals surface area contributed by atoms with E-state index in [9.17, 15) is 14.4 Å². The topological polar surface area (TPSA) is 78.9 Å². The summed E-state index contributed by atoms with van der Waals surface area (Å²) < 4.78 is 17.0. The van der Waals surface area contributed by atoms with E-state index in [1.165, 1.54) is 231 Å². The summed E-state index contributed by atoms with van der Waals surface area (Å²) in [6, 6.07) is 0. The van der Waals surface area contributed by atoms with Gasteiger partial charge in [0.25, 0.3) is 0 Å². The number of carbonyl (C=O) groups is 3. The molecule has 0 N–H and O–H groups in total. The van der Waals surface area contributed by atoms with Gasteiger partial charge in [0, 0.05) is 19.3 Å². The lowest BCUT2D eigenvalue weighted by Gasteiger charge is -2.18. The van der Waals surface area contributed by atoms with E-state index in [1.807, 2.05) is 0 Å². The molecule has 0 aliphatic rings. The largest absolute Gasteiger partial charge is 0.462 e. The van der Waals surface area contributed by atoms with Gasteiger partial charge in [0.1, 0.15) is 13.2 Å². The van der Waals surface area contributed by atoms with Crippen LogP contribution in [0.3, 0.4) is 0 Å². The summed E-state index contributed by atoms with van der Waals surface area (Å²) in [5.74, 6) is -0.907. The number of hydrogen-bond acceptors (Lipinski definition) is 6. The van der Waals surface area contributed by atoms with E-state index >= 15 is 0 Å². The van der Waals surface area contributed by atoms with Gasteiger partial charge in [-0.1, -0.05) is 318 Å². The minimum absolute atomic E-state index is 0.0887. The number of esters is 3. The minimum Gasteiger partial charge on any atom is -0.462 e. The van der Waals surface area contributed by atoms with Gasteiger partial charge >= 0.3 is 17.9 Å². The van der Waals surface area contributed by atoms with E-state index in [0.717, 1.165) is 96.3 Å². The van der Waals surface area contributed by atoms with Gasteiger partial charge in [-0.05, 0) is 116 Å². The summed E-state index contributed by atoms with van der Waals surface area (Å²) in [4.78, 5) is 38.5. The molecule has 0 saturated heterocycles. The Kier molecular flexibility index (Phi) is 68.2. The van der Waals surface area contributed by atoms with Crippen LogP contribution in [-0.2, 0) is 28.6 Å². The number of ether oxygens (including phenoxy) is 3. The maximum absolute atomic E-state index is 12.9. The lowest BCUT2D eigenvalue weighted by atomic mass is 10.0. The van der Waals surface area contributed by atoms with Gasteiger partial charge < -0.3 is 14.2 Å². The molecule has 0 fully saturated rings. The van der Waals surface area contributed by atoms with Crippen molar-refractivity contribution in [1.29, 1.82) is 0 Å². The molecule has 480 valence electrons. The third-order valence-electron chi connectivity index (χ3n) is 15.9. The molecule has 6 heteroatoms. The molecular formula is C77H136O6. The van der Waals surface area contributed by atoms with Gasteiger partial charge in [0.15, 0.2) is 6.10 Å². The SMILES string of the molecule is CC/C=C\C/C=C\C/C=C\C/C=C\C/C=C\CCCCCC(=O)OC(COC(=O)CCCCCCCCC/C=C\CCCCCCCC)COC(=O)CCCCCCCCCCCCCCCCCCC/C=C\CCCCCCCCCC. The molecule has 6 nitrogen and oxygen atoms in total. The number of allylic oxidation sites excluding steroid dienone is 14. The molecule has 0 heterocycles. The Morgan fingerprint density at radius 2 is 0.470 bits per heavy atom. The molecular weight excluding hydrogens is 1020 g/mol. The number of hydrogen-bond donors (Lipinski definition) is 0. The molecule has 1 unspecified atom stereocenters. The monoisotopic (exact) mass is 1160 g/mol. The van der Waals surface area contributed by atoms with E-state index in [-0.39, 0.29) is 31.1 Å². The highest BCUT2D eigenvalue weighted by molar-refractivity contribution is 5.71. The highest BCUT2D eigenvalue weighted by atomic mass is 16.6. The average molecular weight is 1160 g/mol. The zero-order chi connectivity index (χ0) is 59.9. The van der Waals surface area contributed by atoms with Crippen molar-refractivity contribution in [3.05, 3.63) is 85.1 Å². The Labute approximate surface area is 515 Å². The first-order valence-corrected chi connectivity index (χ1v) is 36.1. The Morgan fingerprint density at radius 3 is 0.759 bits per heavy atom. The first kappa shape index (κ1) is 79.6. The lowest BCUT2D eigenvalue weighted by Crippen LogP contribution is -2.30. The second kappa shape index (κ2) is 71.1. The average Bonchev–Trinajstić information content (AvgIpc) is 3.49. The van der Waals surface area contributed by atoms with Crippen LogP contribution in [0.2, 0.25) is 0 Å². The summed E-state index contributed by atoms with van der Waals surface area (Å²) in [6.07, 6.45) is 94.8. The van der Waals surface area contributed by atoms with Crippen LogP contribution in [0.25, 0.3) is 0 Å². The lowest BCUT2D eigenvalue weighted by molar-refractivity contribution is -0.167. The molecule has 0 aromatic rings. The van der Waals surface area contributed by atoms with Crippen molar-refractivity contribution in [2.24, 2.45) is 0 Å². The second-order valence-electron chi connectivity index (χ2n) is 24.1. The fourth-order valence-corrected chi connectivity index (χ4v) is 10.5. The maximum atomic E-state index is 12.9. The van der Waals surface area contributed by atoms with Crippen molar-refractivity contribution >= 4 is 17.9 Å². The van der Waals surface area contributed by atoms with Crippen LogP contribution in [0.4, 0.5) is 0 Å². The van der Waals surface area contributed by atoms with Crippen molar-refractivity contribution in [3.8, 4) is 0 Å². The van der Waals surface area contributed by atoms with Crippen LogP contribution >= 0.6 is 0 Å². The van der Waals surface area contributed by atoms with E-state index in [1.54, 1.807) is 0 Å². The van der Waals surface area contributed by atoms with Gasteiger partial charge in [-0.25, -0.2) is 0 Å². The van der Waals surface area contributed by atoms with Crippen molar-refractivity contribution in [1.82, 2.24) is 0 Å². The summed E-state index contributed by atoms with van der Waals surface area (Å²) in [6.45, 7) is 6.54.